The van der Waals surface area contributed by atoms with Crippen molar-refractivity contribution in [2.45, 2.75) is 32.8 Å². The van der Waals surface area contributed by atoms with Crippen molar-refractivity contribution in [2.24, 2.45) is 0 Å². The molecular weight excluding hydrogens is 194 g/mol. The predicted molar refractivity (Wildman–Crippen MR) is 59.6 cm³/mol. The average molecular weight is 213 g/mol. The highest BCUT2D eigenvalue weighted by atomic mass is 16.5. The third-order valence-electron chi connectivity index (χ3n) is 1.81. The Hall–Kier alpha value is -1.30. The Labute approximate surface area is 89.6 Å². The fraction of sp³-hybridized carbons (Fsp3) is 0.778. The van der Waals surface area contributed by atoms with Gasteiger partial charge >= 0.3 is 0 Å². The number of nitrogens with one attached hydrogen (secondary N) is 2. The lowest BCUT2D eigenvalue weighted by Crippen LogP contribution is -2.07. The molecule has 6 nitrogen and oxygen atoms in total. The second-order valence-corrected chi connectivity index (χ2v) is 3.60. The van der Waals surface area contributed by atoms with Gasteiger partial charge in [0, 0.05) is 13.2 Å². The van der Waals surface area contributed by atoms with Crippen molar-refractivity contribution in [3.05, 3.63) is 0 Å². The van der Waals surface area contributed by atoms with Gasteiger partial charge in [0.25, 0.3) is 0 Å². The summed E-state index contributed by atoms with van der Waals surface area (Å²) < 4.78 is 5.41. The van der Waals surface area contributed by atoms with Gasteiger partial charge in [-0.25, -0.2) is 5.10 Å². The average Bonchev–Trinajstić information content (AvgIpc) is 2.57. The minimum atomic E-state index is 0.311. The summed E-state index contributed by atoms with van der Waals surface area (Å²) in [7, 11) is 0. The summed E-state index contributed by atoms with van der Waals surface area (Å²) >= 11 is 0. The Morgan fingerprint density at radius 3 is 2.87 bits per heavy atom. The van der Waals surface area contributed by atoms with Gasteiger partial charge in [0.2, 0.25) is 11.9 Å². The van der Waals surface area contributed by atoms with Gasteiger partial charge < -0.3 is 15.8 Å². The van der Waals surface area contributed by atoms with E-state index in [1.807, 2.05) is 13.8 Å². The molecule has 0 radical (unpaired) electrons. The van der Waals surface area contributed by atoms with E-state index in [4.69, 9.17) is 10.5 Å². The first-order valence-corrected chi connectivity index (χ1v) is 5.22. The number of rotatable bonds is 7. The SMILES string of the molecule is CC(C)OCCCCNc1n[nH]c(N)n1. The summed E-state index contributed by atoms with van der Waals surface area (Å²) in [4.78, 5) is 3.93. The summed E-state index contributed by atoms with van der Waals surface area (Å²) in [5.41, 5.74) is 5.37. The first kappa shape index (κ1) is 11.8. The standard InChI is InChI=1S/C9H19N5O/c1-7(2)15-6-4-3-5-11-9-12-8(10)13-14-9/h7H,3-6H2,1-2H3,(H4,10,11,12,13,14). The number of unbranched alkanes of at least 4 members (excludes halogenated alkanes) is 1. The molecule has 0 fully saturated rings. The highest BCUT2D eigenvalue weighted by Gasteiger charge is 1.98. The summed E-state index contributed by atoms with van der Waals surface area (Å²) in [6.45, 7) is 5.71. The van der Waals surface area contributed by atoms with Gasteiger partial charge in [-0.05, 0) is 26.7 Å². The van der Waals surface area contributed by atoms with Crippen molar-refractivity contribution in [2.75, 3.05) is 24.2 Å². The Kier molecular flexibility index (Phi) is 4.89. The molecule has 1 aromatic rings. The van der Waals surface area contributed by atoms with Crippen LogP contribution in [0.25, 0.3) is 0 Å². The lowest BCUT2D eigenvalue weighted by Gasteiger charge is -2.06. The Bertz CT molecular complexity index is 273. The maximum absolute atomic E-state index is 5.41. The van der Waals surface area contributed by atoms with Gasteiger partial charge in [0.05, 0.1) is 6.10 Å². The lowest BCUT2D eigenvalue weighted by atomic mass is 10.3. The number of hydrogen-bond acceptors (Lipinski definition) is 5. The number of aromatic nitrogens is 3. The maximum Gasteiger partial charge on any atom is 0.243 e. The summed E-state index contributed by atoms with van der Waals surface area (Å²) in [6.07, 6.45) is 2.37. The molecule has 86 valence electrons. The minimum Gasteiger partial charge on any atom is -0.379 e. The molecule has 6 heteroatoms. The van der Waals surface area contributed by atoms with Gasteiger partial charge in [-0.15, -0.1) is 5.10 Å². The van der Waals surface area contributed by atoms with Crippen molar-refractivity contribution >= 4 is 11.9 Å². The van der Waals surface area contributed by atoms with E-state index in [-0.39, 0.29) is 0 Å². The Morgan fingerprint density at radius 2 is 2.27 bits per heavy atom. The van der Waals surface area contributed by atoms with E-state index < -0.39 is 0 Å². The number of hydrogen-bond donors (Lipinski definition) is 3. The van der Waals surface area contributed by atoms with Gasteiger partial charge in [0.1, 0.15) is 0 Å². The van der Waals surface area contributed by atoms with Crippen molar-refractivity contribution in [3.63, 3.8) is 0 Å². The fourth-order valence-electron chi connectivity index (χ4n) is 1.10. The predicted octanol–water partition coefficient (Wildman–Crippen LogP) is 1.00. The molecular formula is C9H19N5O. The molecule has 4 N–H and O–H groups in total. The van der Waals surface area contributed by atoms with Crippen LogP contribution in [-0.4, -0.2) is 34.4 Å². The van der Waals surface area contributed by atoms with Crippen LogP contribution in [0.4, 0.5) is 11.9 Å². The van der Waals surface area contributed by atoms with E-state index in [1.165, 1.54) is 0 Å². The zero-order valence-corrected chi connectivity index (χ0v) is 9.29. The van der Waals surface area contributed by atoms with Crippen molar-refractivity contribution < 1.29 is 4.74 Å². The van der Waals surface area contributed by atoms with Gasteiger partial charge in [-0.1, -0.05) is 0 Å². The van der Waals surface area contributed by atoms with Crippen LogP contribution < -0.4 is 11.1 Å². The van der Waals surface area contributed by atoms with E-state index >= 15 is 0 Å². The number of ether oxygens (including phenoxy) is 1. The van der Waals surface area contributed by atoms with Crippen molar-refractivity contribution in [1.82, 2.24) is 15.2 Å². The second-order valence-electron chi connectivity index (χ2n) is 3.60. The normalized spacial score (nSPS) is 10.9. The van der Waals surface area contributed by atoms with Crippen LogP contribution in [0.15, 0.2) is 0 Å². The largest absolute Gasteiger partial charge is 0.379 e. The third-order valence-corrected chi connectivity index (χ3v) is 1.81. The first-order valence-electron chi connectivity index (χ1n) is 5.22. The molecule has 1 heterocycles. The number of nitrogens with zero attached hydrogens (tertiary/aromatic N) is 2. The number of nitrogen functional groups attached to an aromatic ring is 1. The van der Waals surface area contributed by atoms with E-state index in [0.717, 1.165) is 26.0 Å². The number of H-pyrrole nitrogens is 1. The molecule has 1 rings (SSSR count). The monoisotopic (exact) mass is 213 g/mol. The van der Waals surface area contributed by atoms with Crippen LogP contribution in [-0.2, 0) is 4.74 Å². The number of aromatic amines is 1. The maximum atomic E-state index is 5.41. The van der Waals surface area contributed by atoms with Crippen LogP contribution >= 0.6 is 0 Å². The fourth-order valence-corrected chi connectivity index (χ4v) is 1.10. The van der Waals surface area contributed by atoms with E-state index in [2.05, 4.69) is 20.5 Å². The molecule has 0 saturated heterocycles. The topological polar surface area (TPSA) is 88.8 Å². The highest BCUT2D eigenvalue weighted by molar-refractivity contribution is 5.29. The Morgan fingerprint density at radius 1 is 1.47 bits per heavy atom. The van der Waals surface area contributed by atoms with Gasteiger partial charge in [-0.2, -0.15) is 4.98 Å². The second kappa shape index (κ2) is 6.23. The lowest BCUT2D eigenvalue weighted by molar-refractivity contribution is 0.0765. The molecule has 0 atom stereocenters. The summed E-state index contributed by atoms with van der Waals surface area (Å²) in [5.74, 6) is 0.887. The molecule has 0 amide bonds. The number of nitrogens with two attached hydrogens (primary N) is 1. The smallest absolute Gasteiger partial charge is 0.243 e. The third kappa shape index (κ3) is 5.21. The zero-order chi connectivity index (χ0) is 11.1. The minimum absolute atomic E-state index is 0.311. The van der Waals surface area contributed by atoms with Crippen LogP contribution in [0.2, 0.25) is 0 Å². The summed E-state index contributed by atoms with van der Waals surface area (Å²) in [6, 6.07) is 0. The molecule has 0 spiro atoms. The summed E-state index contributed by atoms with van der Waals surface area (Å²) in [5, 5.41) is 9.49. The molecule has 0 aliphatic carbocycles. The molecule has 0 aliphatic heterocycles. The molecule has 0 aromatic carbocycles. The van der Waals surface area contributed by atoms with E-state index in [0.29, 0.717) is 18.0 Å². The molecule has 0 aliphatic rings. The highest BCUT2D eigenvalue weighted by Crippen LogP contribution is 2.00. The van der Waals surface area contributed by atoms with Gasteiger partial charge in [0.15, 0.2) is 0 Å². The van der Waals surface area contributed by atoms with Crippen LogP contribution in [0.1, 0.15) is 26.7 Å². The molecule has 0 bridgehead atoms. The Balaban J connectivity index is 1.98. The molecule has 15 heavy (non-hydrogen) atoms. The van der Waals surface area contributed by atoms with Crippen LogP contribution in [0.3, 0.4) is 0 Å². The van der Waals surface area contributed by atoms with Crippen molar-refractivity contribution in [1.29, 1.82) is 0 Å². The molecule has 0 saturated carbocycles. The molecule has 0 unspecified atom stereocenters. The quantitative estimate of drug-likeness (QED) is 0.588. The van der Waals surface area contributed by atoms with E-state index in [9.17, 15) is 0 Å². The molecule has 1 aromatic heterocycles. The first-order chi connectivity index (χ1) is 7.18. The van der Waals surface area contributed by atoms with Crippen LogP contribution in [0, 0.1) is 0 Å². The van der Waals surface area contributed by atoms with E-state index in [1.54, 1.807) is 0 Å². The van der Waals surface area contributed by atoms with Gasteiger partial charge in [-0.3, -0.25) is 0 Å². The zero-order valence-electron chi connectivity index (χ0n) is 9.29. The van der Waals surface area contributed by atoms with Crippen LogP contribution in [0.5, 0.6) is 0 Å². The number of anilines is 2. The van der Waals surface area contributed by atoms with Crippen molar-refractivity contribution in [3.8, 4) is 0 Å².